The molecule has 3 heterocycles. The highest BCUT2D eigenvalue weighted by atomic mass is 16.7. The van der Waals surface area contributed by atoms with E-state index in [4.69, 9.17) is 19.9 Å². The van der Waals surface area contributed by atoms with E-state index < -0.39 is 279 Å². The number of quaternary nitrogens is 1. The summed E-state index contributed by atoms with van der Waals surface area (Å²) in [7, 11) is 0. The molecule has 43 heteroatoms. The predicted molar refractivity (Wildman–Crippen MR) is 341 cm³/mol. The molecule has 104 heavy (non-hydrogen) atoms. The Morgan fingerprint density at radius 1 is 0.644 bits per heavy atom. The molecule has 0 saturated carbocycles. The number of hydrogen-bond acceptors (Lipinski definition) is 27. The molecule has 2 aromatic rings. The SMILES string of the molecule is CC(C)C[C@H](NC(=O)[C@@H]1CCCN1C(=O)[C@H](CCC(N)=O)NC(=O)[C@H](CC(=O)N[C@@H]1O[C@H](CO)[C@@H](O[C@@H]2O[C@H](CO)[C@H](O)[C@H](O)[C@H]2O)[C@H](O)[C@H]1O)NC(=O)c1ccccc1[NH3+])C(=O)N[C@@H](CC(=O)O)C(=O)N[C@@H](CCC(=O)O)C(=O)N[C@@H](Cc1ccc(O)c([N+](=O)[O-])c1)C(=O)N[C@@H](CC(=O)O)C(=O)O. The number of rotatable bonds is 38. The summed E-state index contributed by atoms with van der Waals surface area (Å²) in [5, 5.41) is 151. The summed E-state index contributed by atoms with van der Waals surface area (Å²) in [5.74, 6) is -20.6. The molecule has 0 spiro atoms. The van der Waals surface area contributed by atoms with E-state index >= 15 is 0 Å². The molecule has 5 rings (SSSR count). The average Bonchev–Trinajstić information content (AvgIpc) is 0.838. The molecule has 0 aliphatic carbocycles. The molecule has 0 aromatic heterocycles. The quantitative estimate of drug-likeness (QED) is 0.0219. The first-order valence-corrected chi connectivity index (χ1v) is 32.2. The Bertz CT molecular complexity index is 3490. The maximum Gasteiger partial charge on any atom is 0.326 e. The Balaban J connectivity index is 1.37. The number of benzene rings is 2. The second-order valence-electron chi connectivity index (χ2n) is 25.0. The van der Waals surface area contributed by atoms with Crippen molar-refractivity contribution >= 4 is 94.3 Å². The van der Waals surface area contributed by atoms with Crippen LogP contribution >= 0.6 is 0 Å². The molecular formula is C61H85N12O31+. The normalized spacial score (nSPS) is 23.5. The highest BCUT2D eigenvalue weighted by Crippen LogP contribution is 2.30. The van der Waals surface area contributed by atoms with Crippen molar-refractivity contribution in [3.8, 4) is 5.75 Å². The predicted octanol–water partition coefficient (Wildman–Crippen LogP) is -9.24. The van der Waals surface area contributed by atoms with Crippen molar-refractivity contribution in [3.63, 3.8) is 0 Å². The second kappa shape index (κ2) is 38.9. The molecule has 574 valence electrons. The highest BCUT2D eigenvalue weighted by Gasteiger charge is 2.51. The van der Waals surface area contributed by atoms with Gasteiger partial charge in [0.2, 0.25) is 53.2 Å². The van der Waals surface area contributed by atoms with E-state index in [9.17, 15) is 139 Å². The topological polar surface area (TPSA) is 706 Å². The number of carbonyl (C=O) groups excluding carboxylic acids is 10. The number of nitro groups is 1. The number of nitro benzene ring substituents is 1. The minimum atomic E-state index is -2.19. The zero-order valence-electron chi connectivity index (χ0n) is 55.7. The van der Waals surface area contributed by atoms with Crippen LogP contribution in [-0.2, 0) is 83.0 Å². The number of phenolic OH excluding ortho intramolecular Hbond substituents is 1. The lowest BCUT2D eigenvalue weighted by atomic mass is 9.96. The Kier molecular flexibility index (Phi) is 31.6. The third kappa shape index (κ3) is 23.9. The van der Waals surface area contributed by atoms with E-state index in [1.54, 1.807) is 13.8 Å². The first-order chi connectivity index (χ1) is 48.8. The summed E-state index contributed by atoms with van der Waals surface area (Å²) >= 11 is 0. The largest absolute Gasteiger partial charge is 0.502 e. The molecule has 0 bridgehead atoms. The van der Waals surface area contributed by atoms with Gasteiger partial charge in [0, 0.05) is 31.9 Å². The van der Waals surface area contributed by atoms with Crippen molar-refractivity contribution in [2.24, 2.45) is 11.7 Å². The van der Waals surface area contributed by atoms with Gasteiger partial charge in [-0.3, -0.25) is 72.4 Å². The number of amides is 10. The molecule has 3 fully saturated rings. The fourth-order valence-electron chi connectivity index (χ4n) is 11.3. The van der Waals surface area contributed by atoms with Gasteiger partial charge in [0.1, 0.15) is 103 Å². The number of aliphatic carboxylic acids is 4. The summed E-state index contributed by atoms with van der Waals surface area (Å²) in [6.45, 7) is 1.01. The first kappa shape index (κ1) is 84.4. The minimum Gasteiger partial charge on any atom is -0.502 e. The summed E-state index contributed by atoms with van der Waals surface area (Å²) in [6, 6.07) is -7.17. The Labute approximate surface area is 588 Å². The fraction of sp³-hybridized carbons (Fsp3) is 0.574. The molecule has 3 aliphatic heterocycles. The number of aromatic hydroxyl groups is 1. The van der Waals surface area contributed by atoms with Gasteiger partial charge in [0.05, 0.1) is 43.0 Å². The minimum absolute atomic E-state index is 0.0715. The van der Waals surface area contributed by atoms with Crippen LogP contribution in [0.1, 0.15) is 94.0 Å². The van der Waals surface area contributed by atoms with Gasteiger partial charge in [-0.05, 0) is 61.8 Å². The molecule has 43 nitrogen and oxygen atoms in total. The number of aliphatic hydroxyl groups excluding tert-OH is 7. The van der Waals surface area contributed by atoms with Gasteiger partial charge < -0.3 is 134 Å². The van der Waals surface area contributed by atoms with Crippen LogP contribution in [0.4, 0.5) is 11.4 Å². The van der Waals surface area contributed by atoms with Gasteiger partial charge in [-0.15, -0.1) is 0 Å². The van der Waals surface area contributed by atoms with Crippen LogP contribution in [0.25, 0.3) is 0 Å². The summed E-state index contributed by atoms with van der Waals surface area (Å²) < 4.78 is 16.5. The van der Waals surface area contributed by atoms with E-state index in [-0.39, 0.29) is 42.6 Å². The van der Waals surface area contributed by atoms with Crippen molar-refractivity contribution in [2.45, 2.75) is 194 Å². The lowest BCUT2D eigenvalue weighted by Crippen LogP contribution is -2.66. The average molecular weight is 1480 g/mol. The summed E-state index contributed by atoms with van der Waals surface area (Å²) in [5.41, 5.74) is 8.18. The summed E-state index contributed by atoms with van der Waals surface area (Å²) in [4.78, 5) is 199. The smallest absolute Gasteiger partial charge is 0.326 e. The molecular weight excluding hydrogens is 1400 g/mol. The van der Waals surface area contributed by atoms with Crippen molar-refractivity contribution in [1.29, 1.82) is 0 Å². The number of nitrogens with zero attached hydrogens (tertiary/aromatic N) is 2. The maximum absolute atomic E-state index is 14.7. The van der Waals surface area contributed by atoms with E-state index in [2.05, 4.69) is 43.0 Å². The van der Waals surface area contributed by atoms with Crippen LogP contribution in [0.15, 0.2) is 42.5 Å². The number of carboxylic acids is 4. The van der Waals surface area contributed by atoms with Gasteiger partial charge in [0.25, 0.3) is 5.91 Å². The number of carboxylic acid groups (broad SMARTS) is 4. The van der Waals surface area contributed by atoms with E-state index in [1.165, 1.54) is 24.3 Å². The van der Waals surface area contributed by atoms with Gasteiger partial charge in [-0.1, -0.05) is 32.0 Å². The van der Waals surface area contributed by atoms with Crippen LogP contribution in [0.5, 0.6) is 5.75 Å². The van der Waals surface area contributed by atoms with Crippen molar-refractivity contribution in [2.75, 3.05) is 19.8 Å². The molecule has 0 unspecified atom stereocenters. The lowest BCUT2D eigenvalue weighted by molar-refractivity contribution is -0.385. The number of phenols is 1. The van der Waals surface area contributed by atoms with Gasteiger partial charge >= 0.3 is 29.6 Å². The number of ether oxygens (including phenoxy) is 3. The number of primary amides is 1. The molecule has 18 atom stereocenters. The standard InChI is InChI=1S/C61H84N12O31/c1-24(2)16-30(53(92)68-33(20-43(81)82)56(95)64-28(11-14-42(79)80)52(91)67-31(54(93)70-34(60(98)99)21-44(83)84)17-25-9-12-37(76)36(18-25)73(100)101)69-57(96)35-8-5-15-72(35)59(97)29(10-13-40(63)77)65-55(94)32(66-51(90)26-6-3-4-7-27(26)62)19-41(78)71-58-48(88)47(87)50(39(23-75)102-58)104-61-49(89)46(86)45(85)38(22-74)103-61/h3-4,6-7,9,12,18,24,28-35,38-39,45-50,58,61,74-76,85-89H,5,8,10-11,13-17,19-23,62H2,1-2H3,(H2,63,77)(H,64,95)(H,65,94)(H,66,90)(H,67,91)(H,68,92)(H,69,96)(H,70,93)(H,71,78)(H,79,80)(H,81,82)(H,83,84)(H,98,99)/p+1/t28-,29-,30-,31-,32-,33-,34-,35-,38+,39+,45-,46-,47+,48+,49+,50+,58+,61-/m0/s1. The Morgan fingerprint density at radius 2 is 1.20 bits per heavy atom. The van der Waals surface area contributed by atoms with Crippen LogP contribution < -0.4 is 54.0 Å². The van der Waals surface area contributed by atoms with Crippen LogP contribution in [0.2, 0.25) is 0 Å². The molecule has 0 radical (unpaired) electrons. The van der Waals surface area contributed by atoms with E-state index in [0.29, 0.717) is 0 Å². The Hall–Kier alpha value is -10.2. The monoisotopic (exact) mass is 1480 g/mol. The molecule has 2 aromatic carbocycles. The molecule has 25 N–H and O–H groups in total. The third-order valence-electron chi connectivity index (χ3n) is 16.6. The Morgan fingerprint density at radius 3 is 1.79 bits per heavy atom. The highest BCUT2D eigenvalue weighted by molar-refractivity contribution is 6.03. The maximum atomic E-state index is 14.7. The number of nitrogens with two attached hydrogens (primary N) is 1. The number of aliphatic hydroxyl groups is 7. The van der Waals surface area contributed by atoms with Gasteiger partial charge in [-0.25, -0.2) is 4.79 Å². The number of carbonyl (C=O) groups is 14. The molecule has 10 amide bonds. The fourth-order valence-corrected chi connectivity index (χ4v) is 11.3. The van der Waals surface area contributed by atoms with Gasteiger partial charge in [-0.2, -0.15) is 0 Å². The summed E-state index contributed by atoms with van der Waals surface area (Å²) in [6.07, 6.45) is -26.6. The number of likely N-dealkylation sites (tertiary alicyclic amines) is 1. The third-order valence-corrected chi connectivity index (χ3v) is 16.6. The van der Waals surface area contributed by atoms with E-state index in [1.807, 2.05) is 5.32 Å². The van der Waals surface area contributed by atoms with E-state index in [0.717, 1.165) is 23.1 Å². The van der Waals surface area contributed by atoms with Crippen molar-refractivity contribution in [3.05, 3.63) is 63.7 Å². The van der Waals surface area contributed by atoms with Crippen molar-refractivity contribution < 1.29 is 153 Å². The van der Waals surface area contributed by atoms with Crippen LogP contribution in [0, 0.1) is 16.0 Å². The molecule has 3 aliphatic rings. The van der Waals surface area contributed by atoms with Crippen LogP contribution in [-0.4, -0.2) is 283 Å². The lowest BCUT2D eigenvalue weighted by Gasteiger charge is -2.46. The number of hydrogen-bond donors (Lipinski definition) is 22. The molecule has 3 saturated heterocycles. The zero-order chi connectivity index (χ0) is 77.7. The van der Waals surface area contributed by atoms with Gasteiger partial charge in [0.15, 0.2) is 18.3 Å². The number of nitrogens with one attached hydrogen (secondary N) is 8. The van der Waals surface area contributed by atoms with Crippen LogP contribution in [0.3, 0.4) is 0 Å². The zero-order valence-corrected chi connectivity index (χ0v) is 55.7. The first-order valence-electron chi connectivity index (χ1n) is 32.2. The van der Waals surface area contributed by atoms with Crippen molar-refractivity contribution in [1.82, 2.24) is 47.4 Å². The second-order valence-corrected chi connectivity index (χ2v) is 25.0.